The van der Waals surface area contributed by atoms with E-state index in [1.165, 1.54) is 0 Å². The van der Waals surface area contributed by atoms with Gasteiger partial charge in [0.1, 0.15) is 11.6 Å². The number of nitrogens with one attached hydrogen (secondary N) is 1. The zero-order valence-electron chi connectivity index (χ0n) is 14.7. The van der Waals surface area contributed by atoms with Crippen molar-refractivity contribution in [3.63, 3.8) is 0 Å². The molecule has 2 atom stereocenters. The van der Waals surface area contributed by atoms with E-state index in [4.69, 9.17) is 4.74 Å². The minimum absolute atomic E-state index is 0.416. The lowest BCUT2D eigenvalue weighted by molar-refractivity contribution is -0.140. The molecule has 0 bridgehead atoms. The molecule has 0 aliphatic carbocycles. The number of benzene rings is 1. The van der Waals surface area contributed by atoms with Crippen molar-refractivity contribution in [3.8, 4) is 0 Å². The van der Waals surface area contributed by atoms with E-state index in [0.717, 1.165) is 16.5 Å². The zero-order valence-corrected chi connectivity index (χ0v) is 14.7. The van der Waals surface area contributed by atoms with Gasteiger partial charge in [-0.05, 0) is 32.4 Å². The van der Waals surface area contributed by atoms with Crippen LogP contribution in [-0.2, 0) is 16.6 Å². The third kappa shape index (κ3) is 3.88. The van der Waals surface area contributed by atoms with E-state index < -0.39 is 29.6 Å². The largest absolute Gasteiger partial charge is 0.480 e. The molecule has 1 heterocycles. The summed E-state index contributed by atoms with van der Waals surface area (Å²) in [5.41, 5.74) is 1.20. The molecule has 24 heavy (non-hydrogen) atoms. The Bertz CT molecular complexity index is 758. The number of carboxylic acids is 1. The molecule has 0 saturated carbocycles. The number of aromatic nitrogens is 1. The van der Waals surface area contributed by atoms with E-state index in [1.54, 1.807) is 27.7 Å². The number of aliphatic carboxylic acids is 1. The summed E-state index contributed by atoms with van der Waals surface area (Å²) in [6, 6.07) is 6.70. The number of aryl methyl sites for hydroxylation is 1. The molecule has 2 N–H and O–H groups in total. The van der Waals surface area contributed by atoms with Crippen molar-refractivity contribution in [2.24, 2.45) is 7.05 Å². The predicted octanol–water partition coefficient (Wildman–Crippen LogP) is 3.26. The first kappa shape index (κ1) is 17.8. The van der Waals surface area contributed by atoms with Crippen LogP contribution in [-0.4, -0.2) is 33.4 Å². The van der Waals surface area contributed by atoms with E-state index in [9.17, 15) is 14.7 Å². The Morgan fingerprint density at radius 2 is 1.88 bits per heavy atom. The lowest BCUT2D eigenvalue weighted by Crippen LogP contribution is -2.46. The van der Waals surface area contributed by atoms with Gasteiger partial charge < -0.3 is 19.7 Å². The Kier molecular flexibility index (Phi) is 4.87. The molecule has 1 amide bonds. The third-order valence-electron chi connectivity index (χ3n) is 3.86. The summed E-state index contributed by atoms with van der Waals surface area (Å²) in [5.74, 6) is -1.51. The topological polar surface area (TPSA) is 80.6 Å². The van der Waals surface area contributed by atoms with Crippen molar-refractivity contribution in [2.45, 2.75) is 45.3 Å². The van der Waals surface area contributed by atoms with Gasteiger partial charge in [-0.15, -0.1) is 0 Å². The van der Waals surface area contributed by atoms with E-state index >= 15 is 0 Å². The second-order valence-corrected chi connectivity index (χ2v) is 6.96. The maximum absolute atomic E-state index is 12.0. The van der Waals surface area contributed by atoms with Crippen molar-refractivity contribution in [3.05, 3.63) is 36.0 Å². The van der Waals surface area contributed by atoms with Gasteiger partial charge in [0.2, 0.25) is 0 Å². The molecule has 130 valence electrons. The number of hydrogen-bond donors (Lipinski definition) is 2. The van der Waals surface area contributed by atoms with Crippen LogP contribution in [0.3, 0.4) is 0 Å². The molecule has 2 aromatic rings. The highest BCUT2D eigenvalue weighted by Crippen LogP contribution is 2.29. The smallest absolute Gasteiger partial charge is 0.408 e. The quantitative estimate of drug-likeness (QED) is 0.900. The average molecular weight is 332 g/mol. The maximum Gasteiger partial charge on any atom is 0.408 e. The Morgan fingerprint density at radius 1 is 1.25 bits per heavy atom. The molecule has 0 spiro atoms. The number of rotatable bonds is 4. The van der Waals surface area contributed by atoms with E-state index in [1.807, 2.05) is 42.1 Å². The van der Waals surface area contributed by atoms with Gasteiger partial charge in [0, 0.05) is 30.1 Å². The van der Waals surface area contributed by atoms with Crippen molar-refractivity contribution >= 4 is 23.0 Å². The number of alkyl carbamates (subject to hydrolysis) is 1. The number of fused-ring (bicyclic) bond motifs is 1. The molecule has 6 heteroatoms. The fourth-order valence-corrected chi connectivity index (χ4v) is 2.75. The van der Waals surface area contributed by atoms with E-state index in [2.05, 4.69) is 5.32 Å². The monoisotopic (exact) mass is 332 g/mol. The van der Waals surface area contributed by atoms with Gasteiger partial charge in [-0.3, -0.25) is 0 Å². The molecule has 1 aromatic heterocycles. The van der Waals surface area contributed by atoms with Crippen molar-refractivity contribution in [2.75, 3.05) is 0 Å². The Hall–Kier alpha value is -2.50. The second-order valence-electron chi connectivity index (χ2n) is 6.96. The van der Waals surface area contributed by atoms with Crippen molar-refractivity contribution in [1.29, 1.82) is 0 Å². The highest BCUT2D eigenvalue weighted by molar-refractivity contribution is 5.87. The maximum atomic E-state index is 12.0. The highest BCUT2D eigenvalue weighted by Gasteiger charge is 2.31. The molecule has 2 rings (SSSR count). The molecule has 0 fully saturated rings. The summed E-state index contributed by atoms with van der Waals surface area (Å²) < 4.78 is 7.13. The first-order valence-corrected chi connectivity index (χ1v) is 7.86. The number of hydrogen-bond acceptors (Lipinski definition) is 3. The van der Waals surface area contributed by atoms with Crippen LogP contribution in [0.5, 0.6) is 0 Å². The normalized spacial score (nSPS) is 14.2. The first-order chi connectivity index (χ1) is 11.1. The number of carbonyl (C=O) groups is 2. The molecular weight excluding hydrogens is 308 g/mol. The standard InChI is InChI=1S/C18H24N2O4/c1-11(13-10-20(5)14-9-7-6-8-12(13)14)15(16(21)22)19-17(23)24-18(2,3)4/h6-11,15H,1-5H3,(H,19,23)(H,21,22)/t11-,15-/m1/s1. The van der Waals surface area contributed by atoms with Crippen LogP contribution < -0.4 is 5.32 Å². The van der Waals surface area contributed by atoms with Crippen molar-refractivity contribution in [1.82, 2.24) is 9.88 Å². The molecule has 6 nitrogen and oxygen atoms in total. The van der Waals surface area contributed by atoms with Crippen molar-refractivity contribution < 1.29 is 19.4 Å². The van der Waals surface area contributed by atoms with Crippen LogP contribution >= 0.6 is 0 Å². The average Bonchev–Trinajstić information content (AvgIpc) is 2.80. The second kappa shape index (κ2) is 6.55. The number of nitrogens with zero attached hydrogens (tertiary/aromatic N) is 1. The Balaban J connectivity index is 2.30. The summed E-state index contributed by atoms with van der Waals surface area (Å²) in [7, 11) is 1.91. The number of carbonyl (C=O) groups excluding carboxylic acids is 1. The highest BCUT2D eigenvalue weighted by atomic mass is 16.6. The van der Waals surface area contributed by atoms with Gasteiger partial charge in [0.25, 0.3) is 0 Å². The Morgan fingerprint density at radius 3 is 2.46 bits per heavy atom. The van der Waals surface area contributed by atoms with E-state index in [0.29, 0.717) is 0 Å². The zero-order chi connectivity index (χ0) is 18.1. The van der Waals surface area contributed by atoms with Crippen LogP contribution in [0.1, 0.15) is 39.2 Å². The van der Waals surface area contributed by atoms with Gasteiger partial charge >= 0.3 is 12.1 Å². The minimum atomic E-state index is -1.10. The fourth-order valence-electron chi connectivity index (χ4n) is 2.75. The van der Waals surface area contributed by atoms with Crippen LogP contribution in [0.2, 0.25) is 0 Å². The lowest BCUT2D eigenvalue weighted by Gasteiger charge is -2.24. The van der Waals surface area contributed by atoms with Crippen LogP contribution in [0.25, 0.3) is 10.9 Å². The fraction of sp³-hybridized carbons (Fsp3) is 0.444. The molecule has 0 radical (unpaired) electrons. The number of amides is 1. The number of ether oxygens (including phenoxy) is 1. The van der Waals surface area contributed by atoms with Gasteiger partial charge in [-0.1, -0.05) is 25.1 Å². The minimum Gasteiger partial charge on any atom is -0.480 e. The van der Waals surface area contributed by atoms with Crippen LogP contribution in [0, 0.1) is 0 Å². The van der Waals surface area contributed by atoms with Crippen LogP contribution in [0.4, 0.5) is 4.79 Å². The predicted molar refractivity (Wildman–Crippen MR) is 92.1 cm³/mol. The van der Waals surface area contributed by atoms with Gasteiger partial charge in [0.15, 0.2) is 0 Å². The molecule has 0 aliphatic heterocycles. The third-order valence-corrected chi connectivity index (χ3v) is 3.86. The van der Waals surface area contributed by atoms with E-state index in [-0.39, 0.29) is 0 Å². The summed E-state index contributed by atoms with van der Waals surface area (Å²) >= 11 is 0. The van der Waals surface area contributed by atoms with Gasteiger partial charge in [-0.25, -0.2) is 9.59 Å². The molecular formula is C18H24N2O4. The first-order valence-electron chi connectivity index (χ1n) is 7.86. The number of para-hydroxylation sites is 1. The molecule has 0 saturated heterocycles. The lowest BCUT2D eigenvalue weighted by atomic mass is 9.93. The summed E-state index contributed by atoms with van der Waals surface area (Å²) in [6.45, 7) is 6.99. The number of carboxylic acid groups (broad SMARTS) is 1. The van der Waals surface area contributed by atoms with Gasteiger partial charge in [-0.2, -0.15) is 0 Å². The molecule has 0 aliphatic rings. The summed E-state index contributed by atoms with van der Waals surface area (Å²) in [6.07, 6.45) is 1.17. The summed E-state index contributed by atoms with van der Waals surface area (Å²) in [5, 5.41) is 13.0. The summed E-state index contributed by atoms with van der Waals surface area (Å²) in [4.78, 5) is 23.7. The Labute approximate surface area is 141 Å². The SMILES string of the molecule is C[C@H](c1cn(C)c2ccccc12)[C@@H](NC(=O)OC(C)(C)C)C(=O)O. The molecule has 1 aromatic carbocycles. The molecule has 0 unspecified atom stereocenters. The van der Waals surface area contributed by atoms with Gasteiger partial charge in [0.05, 0.1) is 0 Å². The van der Waals surface area contributed by atoms with Crippen LogP contribution in [0.15, 0.2) is 30.5 Å².